The molecule has 1 aromatic rings. The van der Waals surface area contributed by atoms with Crippen molar-refractivity contribution >= 4 is 35.1 Å². The third kappa shape index (κ3) is 3.89. The van der Waals surface area contributed by atoms with E-state index in [1.165, 1.54) is 0 Å². The maximum Gasteiger partial charge on any atom is 0.306 e. The zero-order chi connectivity index (χ0) is 24.3. The fraction of sp³-hybridized carbons (Fsp3) is 0.600. The largest absolute Gasteiger partial charge is 0.481 e. The van der Waals surface area contributed by atoms with Gasteiger partial charge in [0.15, 0.2) is 0 Å². The molecule has 178 valence electrons. The van der Waals surface area contributed by atoms with Crippen molar-refractivity contribution in [2.45, 2.75) is 77.8 Å². The topological polar surface area (TPSA) is 107 Å². The molecule has 3 aliphatic heterocycles. The molecular formula is C25H33N3O5. The Morgan fingerprint density at radius 1 is 1.15 bits per heavy atom. The first-order valence-corrected chi connectivity index (χ1v) is 11.6. The molecule has 2 fully saturated rings. The van der Waals surface area contributed by atoms with Crippen LogP contribution in [0.1, 0.15) is 65.9 Å². The lowest BCUT2D eigenvalue weighted by Gasteiger charge is -2.46. The summed E-state index contributed by atoms with van der Waals surface area (Å²) in [6.07, 6.45) is 1.66. The molecule has 4 rings (SSSR count). The molecule has 0 saturated carbocycles. The zero-order valence-electron chi connectivity index (χ0n) is 20.0. The fourth-order valence-corrected chi connectivity index (χ4v) is 5.50. The van der Waals surface area contributed by atoms with Crippen molar-refractivity contribution in [2.24, 2.45) is 11.3 Å². The van der Waals surface area contributed by atoms with Gasteiger partial charge in [0.25, 0.3) is 0 Å². The highest BCUT2D eigenvalue weighted by Crippen LogP contribution is 2.46. The number of carboxylic acids is 1. The zero-order valence-corrected chi connectivity index (χ0v) is 20.0. The summed E-state index contributed by atoms with van der Waals surface area (Å²) in [4.78, 5) is 53.0. The van der Waals surface area contributed by atoms with Crippen LogP contribution in [-0.2, 0) is 24.6 Å². The second-order valence-corrected chi connectivity index (χ2v) is 11.1. The number of aliphatic carboxylic acids is 1. The summed E-state index contributed by atoms with van der Waals surface area (Å²) < 4.78 is 0. The number of carbonyl (C=O) groups excluding carboxylic acids is 3. The van der Waals surface area contributed by atoms with Crippen molar-refractivity contribution in [1.29, 1.82) is 0 Å². The van der Waals surface area contributed by atoms with Crippen molar-refractivity contribution in [3.8, 4) is 0 Å². The van der Waals surface area contributed by atoms with E-state index in [4.69, 9.17) is 0 Å². The number of carboxylic acid groups (broad SMARTS) is 1. The number of fused-ring (bicyclic) bond motifs is 1. The van der Waals surface area contributed by atoms with Gasteiger partial charge >= 0.3 is 5.97 Å². The lowest BCUT2D eigenvalue weighted by molar-refractivity contribution is -0.143. The quantitative estimate of drug-likeness (QED) is 0.679. The smallest absolute Gasteiger partial charge is 0.306 e. The molecule has 2 saturated heterocycles. The van der Waals surface area contributed by atoms with Crippen LogP contribution in [0.25, 0.3) is 0 Å². The van der Waals surface area contributed by atoms with Gasteiger partial charge in [0.1, 0.15) is 6.04 Å². The highest BCUT2D eigenvalue weighted by molar-refractivity contribution is 6.13. The molecule has 8 nitrogen and oxygen atoms in total. The van der Waals surface area contributed by atoms with E-state index in [1.54, 1.807) is 4.90 Å². The Balaban J connectivity index is 1.71. The maximum absolute atomic E-state index is 13.4. The molecule has 8 heteroatoms. The number of piperidine rings is 2. The Kier molecular flexibility index (Phi) is 5.53. The van der Waals surface area contributed by atoms with E-state index in [0.717, 1.165) is 11.3 Å². The molecule has 0 aromatic heterocycles. The minimum atomic E-state index is -0.816. The molecule has 3 amide bonds. The molecule has 3 atom stereocenters. The van der Waals surface area contributed by atoms with Crippen molar-refractivity contribution in [3.63, 3.8) is 0 Å². The van der Waals surface area contributed by atoms with E-state index < -0.39 is 23.3 Å². The van der Waals surface area contributed by atoms with Gasteiger partial charge in [0.05, 0.1) is 11.3 Å². The summed E-state index contributed by atoms with van der Waals surface area (Å²) in [7, 11) is 0. The third-order valence-corrected chi connectivity index (χ3v) is 7.47. The molecular weight excluding hydrogens is 422 g/mol. The molecule has 0 spiro atoms. The van der Waals surface area contributed by atoms with Crippen LogP contribution in [-0.4, -0.2) is 47.4 Å². The first-order valence-electron chi connectivity index (χ1n) is 11.6. The number of nitrogens with one attached hydrogen (secondary N) is 1. The van der Waals surface area contributed by atoms with Crippen LogP contribution in [0.5, 0.6) is 0 Å². The van der Waals surface area contributed by atoms with Crippen LogP contribution in [0.2, 0.25) is 0 Å². The number of carbonyl (C=O) groups is 4. The third-order valence-electron chi connectivity index (χ3n) is 7.47. The van der Waals surface area contributed by atoms with Gasteiger partial charge in [0.2, 0.25) is 17.7 Å². The number of nitrogens with zero attached hydrogens (tertiary/aromatic N) is 2. The lowest BCUT2D eigenvalue weighted by Crippen LogP contribution is -2.55. The summed E-state index contributed by atoms with van der Waals surface area (Å²) in [5, 5.41) is 11.9. The van der Waals surface area contributed by atoms with Gasteiger partial charge < -0.3 is 10.0 Å². The number of amides is 3. The monoisotopic (exact) mass is 455 g/mol. The Bertz CT molecular complexity index is 1030. The molecule has 3 heterocycles. The summed E-state index contributed by atoms with van der Waals surface area (Å²) in [5.74, 6) is -2.00. The Morgan fingerprint density at radius 2 is 1.85 bits per heavy atom. The van der Waals surface area contributed by atoms with Crippen LogP contribution in [0.3, 0.4) is 0 Å². The fourth-order valence-electron chi connectivity index (χ4n) is 5.50. The summed E-state index contributed by atoms with van der Waals surface area (Å²) in [5.41, 5.74) is 1.57. The molecule has 0 radical (unpaired) electrons. The lowest BCUT2D eigenvalue weighted by atomic mass is 9.76. The molecule has 3 unspecified atom stereocenters. The number of imide groups is 1. The van der Waals surface area contributed by atoms with Gasteiger partial charge in [-0.05, 0) is 62.3 Å². The van der Waals surface area contributed by atoms with Crippen molar-refractivity contribution < 1.29 is 24.3 Å². The van der Waals surface area contributed by atoms with Gasteiger partial charge in [-0.15, -0.1) is 0 Å². The molecule has 0 bridgehead atoms. The number of hydrogen-bond donors (Lipinski definition) is 2. The van der Waals surface area contributed by atoms with E-state index in [9.17, 15) is 24.3 Å². The maximum atomic E-state index is 13.4. The Morgan fingerprint density at radius 3 is 2.45 bits per heavy atom. The van der Waals surface area contributed by atoms with Gasteiger partial charge in [-0.25, -0.2) is 0 Å². The summed E-state index contributed by atoms with van der Waals surface area (Å²) in [6, 6.07) is 5.22. The Labute approximate surface area is 194 Å². The van der Waals surface area contributed by atoms with Crippen molar-refractivity contribution in [1.82, 2.24) is 5.32 Å². The second kappa shape index (κ2) is 7.85. The van der Waals surface area contributed by atoms with E-state index >= 15 is 0 Å². The average Bonchev–Trinajstić information content (AvgIpc) is 2.93. The molecule has 0 aliphatic carbocycles. The minimum absolute atomic E-state index is 0.0388. The van der Waals surface area contributed by atoms with Gasteiger partial charge in [-0.3, -0.25) is 29.4 Å². The highest BCUT2D eigenvalue weighted by atomic mass is 16.4. The van der Waals surface area contributed by atoms with Crippen molar-refractivity contribution in [2.75, 3.05) is 16.3 Å². The SMILES string of the molecule is CC1(C)C(=O)N(C2CCC(=O)NC2=O)c2ccc(N3CCC(C(=O)O)CC3C(C)(C)C)cc21. The van der Waals surface area contributed by atoms with Crippen LogP contribution in [0, 0.1) is 11.3 Å². The number of rotatable bonds is 3. The number of anilines is 2. The van der Waals surface area contributed by atoms with E-state index in [0.29, 0.717) is 31.5 Å². The van der Waals surface area contributed by atoms with Crippen LogP contribution < -0.4 is 15.1 Å². The summed E-state index contributed by atoms with van der Waals surface area (Å²) in [6.45, 7) is 10.7. The Hall–Kier alpha value is -2.90. The van der Waals surface area contributed by atoms with E-state index in [-0.39, 0.29) is 35.6 Å². The normalized spacial score (nSPS) is 27.4. The predicted molar refractivity (Wildman–Crippen MR) is 124 cm³/mol. The van der Waals surface area contributed by atoms with Crippen LogP contribution in [0.15, 0.2) is 18.2 Å². The van der Waals surface area contributed by atoms with Gasteiger partial charge in [-0.1, -0.05) is 20.8 Å². The molecule has 1 aromatic carbocycles. The predicted octanol–water partition coefficient (Wildman–Crippen LogP) is 2.83. The van der Waals surface area contributed by atoms with Crippen molar-refractivity contribution in [3.05, 3.63) is 23.8 Å². The highest BCUT2D eigenvalue weighted by Gasteiger charge is 2.49. The average molecular weight is 456 g/mol. The van der Waals surface area contributed by atoms with Gasteiger partial charge in [0, 0.05) is 30.4 Å². The second-order valence-electron chi connectivity index (χ2n) is 11.1. The number of hydrogen-bond acceptors (Lipinski definition) is 5. The molecule has 33 heavy (non-hydrogen) atoms. The molecule has 2 N–H and O–H groups in total. The number of benzene rings is 1. The summed E-state index contributed by atoms with van der Waals surface area (Å²) >= 11 is 0. The molecule has 3 aliphatic rings. The van der Waals surface area contributed by atoms with E-state index in [1.807, 2.05) is 32.0 Å². The standard InChI is InChI=1S/C25H33N3O5/c1-24(2,3)19-12-14(22(31)32)10-11-27(19)15-6-7-17-16(13-15)25(4,5)23(33)28(17)18-8-9-20(29)26-21(18)30/h6-7,13-14,18-19H,8-12H2,1-5H3,(H,31,32)(H,26,29,30). The first kappa shape index (κ1) is 23.3. The van der Waals surface area contributed by atoms with Gasteiger partial charge in [-0.2, -0.15) is 0 Å². The van der Waals surface area contributed by atoms with E-state index in [2.05, 4.69) is 31.0 Å². The minimum Gasteiger partial charge on any atom is -0.481 e. The first-order chi connectivity index (χ1) is 15.3. The van der Waals surface area contributed by atoms with Crippen LogP contribution in [0.4, 0.5) is 11.4 Å². The van der Waals surface area contributed by atoms with Crippen LogP contribution >= 0.6 is 0 Å².